The van der Waals surface area contributed by atoms with Crippen LogP contribution >= 0.6 is 11.6 Å². The second kappa shape index (κ2) is 8.60. The van der Waals surface area contributed by atoms with Gasteiger partial charge in [-0.1, -0.05) is 11.6 Å². The lowest BCUT2D eigenvalue weighted by molar-refractivity contribution is -0.137. The van der Waals surface area contributed by atoms with Crippen LogP contribution in [0.4, 0.5) is 24.5 Å². The van der Waals surface area contributed by atoms with Crippen LogP contribution in [0.3, 0.4) is 0 Å². The van der Waals surface area contributed by atoms with E-state index in [2.05, 4.69) is 10.6 Å². The van der Waals surface area contributed by atoms with Gasteiger partial charge in [-0.05, 0) is 36.8 Å². The summed E-state index contributed by atoms with van der Waals surface area (Å²) < 4.78 is 70.8. The van der Waals surface area contributed by atoms with Crippen LogP contribution in [0.2, 0.25) is 5.02 Å². The molecule has 2 amide bonds. The highest BCUT2D eigenvalue weighted by Gasteiger charge is 2.34. The molecular weight excluding hydrogens is 475 g/mol. The molecule has 13 heteroatoms. The number of benzene rings is 2. The molecule has 2 N–H and O–H groups in total. The zero-order valence-electron chi connectivity index (χ0n) is 16.7. The van der Waals surface area contributed by atoms with Gasteiger partial charge in [-0.2, -0.15) is 17.5 Å². The van der Waals surface area contributed by atoms with E-state index < -0.39 is 39.2 Å². The van der Waals surface area contributed by atoms with Crippen molar-refractivity contribution < 1.29 is 35.9 Å². The molecular formula is C19H17ClF3N3O5S. The number of rotatable bonds is 5. The molecule has 0 saturated carbocycles. The molecule has 172 valence electrons. The average molecular weight is 492 g/mol. The number of anilines is 2. The third kappa shape index (κ3) is 4.97. The number of aryl methyl sites for hydroxylation is 1. The van der Waals surface area contributed by atoms with Crippen LogP contribution in [0.15, 0.2) is 35.2 Å². The van der Waals surface area contributed by atoms with Gasteiger partial charge >= 0.3 is 6.18 Å². The summed E-state index contributed by atoms with van der Waals surface area (Å²) in [6.45, 7) is 0.573. The summed E-state index contributed by atoms with van der Waals surface area (Å²) in [5.41, 5.74) is -0.697. The van der Waals surface area contributed by atoms with Gasteiger partial charge in [-0.25, -0.2) is 8.42 Å². The smallest absolute Gasteiger partial charge is 0.417 e. The number of nitrogens with zero attached hydrogens (tertiary/aromatic N) is 1. The zero-order valence-corrected chi connectivity index (χ0v) is 18.3. The highest BCUT2D eigenvalue weighted by Crippen LogP contribution is 2.36. The minimum Gasteiger partial charge on any atom is -0.482 e. The summed E-state index contributed by atoms with van der Waals surface area (Å²) >= 11 is 5.55. The molecule has 0 bridgehead atoms. The van der Waals surface area contributed by atoms with Gasteiger partial charge < -0.3 is 15.4 Å². The van der Waals surface area contributed by atoms with Crippen LogP contribution in [0.1, 0.15) is 11.1 Å². The second-order valence-electron chi connectivity index (χ2n) is 6.95. The summed E-state index contributed by atoms with van der Waals surface area (Å²) in [5.74, 6) is -1.07. The fourth-order valence-electron chi connectivity index (χ4n) is 2.97. The van der Waals surface area contributed by atoms with E-state index in [1.165, 1.54) is 25.1 Å². The van der Waals surface area contributed by atoms with E-state index in [4.69, 9.17) is 16.3 Å². The Kier molecular flexibility index (Phi) is 6.40. The predicted octanol–water partition coefficient (Wildman–Crippen LogP) is 3.26. The van der Waals surface area contributed by atoms with Crippen LogP contribution in [0.25, 0.3) is 0 Å². The van der Waals surface area contributed by atoms with E-state index in [0.717, 1.165) is 17.4 Å². The van der Waals surface area contributed by atoms with Gasteiger partial charge in [0, 0.05) is 18.8 Å². The molecule has 0 saturated heterocycles. The van der Waals surface area contributed by atoms with Crippen LogP contribution in [0, 0.1) is 6.92 Å². The van der Waals surface area contributed by atoms with Crippen LogP contribution in [-0.4, -0.2) is 44.7 Å². The molecule has 1 aliphatic rings. The summed E-state index contributed by atoms with van der Waals surface area (Å²) in [5, 5.41) is 4.26. The molecule has 3 rings (SSSR count). The summed E-state index contributed by atoms with van der Waals surface area (Å²) in [6.07, 6.45) is -4.72. The molecule has 32 heavy (non-hydrogen) atoms. The Morgan fingerprint density at radius 1 is 1.28 bits per heavy atom. The lowest BCUT2D eigenvalue weighted by Crippen LogP contribution is -2.35. The first-order valence-corrected chi connectivity index (χ1v) is 10.8. The summed E-state index contributed by atoms with van der Waals surface area (Å²) in [4.78, 5) is 23.6. The molecule has 2 aromatic carbocycles. The Morgan fingerprint density at radius 2 is 1.97 bits per heavy atom. The fraction of sp³-hybridized carbons (Fsp3) is 0.263. The van der Waals surface area contributed by atoms with Crippen molar-refractivity contribution in [2.24, 2.45) is 0 Å². The number of hydrogen-bond acceptors (Lipinski definition) is 5. The number of nitrogens with one attached hydrogen (secondary N) is 2. The monoisotopic (exact) mass is 491 g/mol. The first-order valence-electron chi connectivity index (χ1n) is 8.99. The van der Waals surface area contributed by atoms with Gasteiger partial charge in [0.1, 0.15) is 5.75 Å². The molecule has 0 radical (unpaired) electrons. The van der Waals surface area contributed by atoms with Gasteiger partial charge in [-0.15, -0.1) is 0 Å². The second-order valence-corrected chi connectivity index (χ2v) is 9.37. The van der Waals surface area contributed by atoms with Crippen molar-refractivity contribution in [1.82, 2.24) is 4.31 Å². The van der Waals surface area contributed by atoms with Gasteiger partial charge in [0.15, 0.2) is 6.61 Å². The van der Waals surface area contributed by atoms with Crippen molar-refractivity contribution in [3.05, 3.63) is 46.5 Å². The maximum atomic E-state index is 13.0. The van der Waals surface area contributed by atoms with Crippen molar-refractivity contribution in [2.75, 3.05) is 30.8 Å². The number of alkyl halides is 3. The lowest BCUT2D eigenvalue weighted by atomic mass is 10.2. The predicted molar refractivity (Wildman–Crippen MR) is 110 cm³/mol. The van der Waals surface area contributed by atoms with Gasteiger partial charge in [0.05, 0.1) is 27.7 Å². The van der Waals surface area contributed by atoms with Gasteiger partial charge in [-0.3, -0.25) is 9.59 Å². The Balaban J connectivity index is 1.78. The van der Waals surface area contributed by atoms with Gasteiger partial charge in [0.25, 0.3) is 5.91 Å². The third-order valence-corrected chi connectivity index (χ3v) is 6.79. The molecule has 2 aromatic rings. The van der Waals surface area contributed by atoms with Crippen molar-refractivity contribution in [1.29, 1.82) is 0 Å². The number of likely N-dealkylation sites (N-methyl/N-ethyl adjacent to an activating group) is 1. The molecule has 0 unspecified atom stereocenters. The maximum Gasteiger partial charge on any atom is 0.417 e. The minimum atomic E-state index is -4.72. The number of amides is 2. The number of sulfonamides is 1. The van der Waals surface area contributed by atoms with E-state index in [9.17, 15) is 31.2 Å². The van der Waals surface area contributed by atoms with E-state index in [1.54, 1.807) is 0 Å². The maximum absolute atomic E-state index is 13.0. The van der Waals surface area contributed by atoms with E-state index in [0.29, 0.717) is 17.3 Å². The summed E-state index contributed by atoms with van der Waals surface area (Å²) in [6, 6.07) is 5.48. The number of halogens is 4. The average Bonchev–Trinajstić information content (AvgIpc) is 2.67. The molecule has 1 heterocycles. The Labute approximate surface area is 186 Å². The molecule has 0 spiro atoms. The van der Waals surface area contributed by atoms with Crippen LogP contribution in [0.5, 0.6) is 5.75 Å². The standard InChI is InChI=1S/C19H17ClF3N3O5S/c1-10-5-14-15(31-9-18(28)25-14)7-16(10)32(29,30)26(2)8-17(27)24-11-3-4-13(20)12(6-11)19(21,22)23/h3-7H,8-9H2,1-2H3,(H,24,27)(H,25,28). The zero-order chi connectivity index (χ0) is 23.8. The molecule has 8 nitrogen and oxygen atoms in total. The number of carbonyl (C=O) groups is 2. The molecule has 0 aromatic heterocycles. The Bertz CT molecular complexity index is 1200. The highest BCUT2D eigenvalue weighted by molar-refractivity contribution is 7.89. The first kappa shape index (κ1) is 23.8. The van der Waals surface area contributed by atoms with Crippen molar-refractivity contribution >= 4 is 44.8 Å². The molecule has 0 fully saturated rings. The van der Waals surface area contributed by atoms with E-state index in [-0.39, 0.29) is 28.8 Å². The number of ether oxygens (including phenoxy) is 1. The van der Waals surface area contributed by atoms with E-state index >= 15 is 0 Å². The number of carbonyl (C=O) groups excluding carboxylic acids is 2. The largest absolute Gasteiger partial charge is 0.482 e. The summed E-state index contributed by atoms with van der Waals surface area (Å²) in [7, 11) is -3.01. The van der Waals surface area contributed by atoms with Crippen molar-refractivity contribution in [2.45, 2.75) is 18.0 Å². The SMILES string of the molecule is Cc1cc2c(cc1S(=O)(=O)N(C)CC(=O)Nc1ccc(Cl)c(C(F)(F)F)c1)OCC(=O)N2. The van der Waals surface area contributed by atoms with Gasteiger partial charge in [0.2, 0.25) is 15.9 Å². The van der Waals surface area contributed by atoms with E-state index in [1.807, 2.05) is 0 Å². The molecule has 0 aliphatic carbocycles. The highest BCUT2D eigenvalue weighted by atomic mass is 35.5. The number of hydrogen-bond donors (Lipinski definition) is 2. The van der Waals surface area contributed by atoms with Crippen LogP contribution < -0.4 is 15.4 Å². The molecule has 0 atom stereocenters. The lowest BCUT2D eigenvalue weighted by Gasteiger charge is -2.22. The molecule has 1 aliphatic heterocycles. The third-order valence-electron chi connectivity index (χ3n) is 4.52. The van der Waals surface area contributed by atoms with Crippen molar-refractivity contribution in [3.63, 3.8) is 0 Å². The quantitative estimate of drug-likeness (QED) is 0.668. The van der Waals surface area contributed by atoms with Crippen LogP contribution in [-0.2, 0) is 25.8 Å². The normalized spacial score (nSPS) is 13.9. The minimum absolute atomic E-state index is 0.145. The Morgan fingerprint density at radius 3 is 2.62 bits per heavy atom. The first-order chi connectivity index (χ1) is 14.8. The van der Waals surface area contributed by atoms with Crippen molar-refractivity contribution in [3.8, 4) is 5.75 Å². The fourth-order valence-corrected chi connectivity index (χ4v) is 4.54. The topological polar surface area (TPSA) is 105 Å². The number of fused-ring (bicyclic) bond motifs is 1. The Hall–Kier alpha value is -2.83.